The zero-order valence-corrected chi connectivity index (χ0v) is 14.0. The van der Waals surface area contributed by atoms with E-state index in [4.69, 9.17) is 0 Å². The van der Waals surface area contributed by atoms with Crippen LogP contribution in [0.3, 0.4) is 0 Å². The fourth-order valence-electron chi connectivity index (χ4n) is 3.16. The largest absolute Gasteiger partial charge is 0.347 e. The van der Waals surface area contributed by atoms with Gasteiger partial charge in [0.25, 0.3) is 11.8 Å². The number of rotatable bonds is 4. The van der Waals surface area contributed by atoms with E-state index in [1.165, 1.54) is 24.4 Å². The Hall–Kier alpha value is -2.37. The summed E-state index contributed by atoms with van der Waals surface area (Å²) in [5.74, 6) is -4.27. The van der Waals surface area contributed by atoms with Gasteiger partial charge < -0.3 is 5.32 Å². The maximum Gasteiger partial charge on any atom is 0.272 e. The lowest BCUT2D eigenvalue weighted by atomic mass is 9.74. The average molecular weight is 348 g/mol. The molecule has 0 saturated heterocycles. The van der Waals surface area contributed by atoms with Gasteiger partial charge in [0.2, 0.25) is 0 Å². The van der Waals surface area contributed by atoms with Gasteiger partial charge in [-0.05, 0) is 49.1 Å². The second-order valence-corrected chi connectivity index (χ2v) is 6.58. The number of benzene rings is 1. The van der Waals surface area contributed by atoms with E-state index in [-0.39, 0.29) is 23.5 Å². The van der Waals surface area contributed by atoms with Gasteiger partial charge in [0.1, 0.15) is 11.5 Å². The van der Waals surface area contributed by atoms with Crippen LogP contribution in [0.4, 0.5) is 13.2 Å². The van der Waals surface area contributed by atoms with E-state index in [2.05, 4.69) is 10.3 Å². The molecule has 0 aliphatic heterocycles. The Morgan fingerprint density at radius 2 is 2.04 bits per heavy atom. The van der Waals surface area contributed by atoms with Crippen LogP contribution in [0.2, 0.25) is 0 Å². The van der Waals surface area contributed by atoms with Crippen molar-refractivity contribution >= 4 is 5.91 Å². The second kappa shape index (κ2) is 6.50. The van der Waals surface area contributed by atoms with Gasteiger partial charge in [-0.15, -0.1) is 0 Å². The number of aromatic nitrogens is 1. The normalized spacial score (nSPS) is 20.0. The van der Waals surface area contributed by atoms with Gasteiger partial charge in [0.15, 0.2) is 0 Å². The molecule has 1 aliphatic rings. The summed E-state index contributed by atoms with van der Waals surface area (Å²) >= 11 is 0. The van der Waals surface area contributed by atoms with Gasteiger partial charge in [-0.1, -0.05) is 12.1 Å². The molecule has 1 aromatic carbocycles. The van der Waals surface area contributed by atoms with Crippen molar-refractivity contribution in [3.8, 4) is 0 Å². The number of pyridine rings is 1. The minimum atomic E-state index is -3.16. The third kappa shape index (κ3) is 3.52. The molecule has 0 unspecified atom stereocenters. The molecular weight excluding hydrogens is 329 g/mol. The zero-order chi connectivity index (χ0) is 18.2. The molecule has 3 rings (SSSR count). The Balaban J connectivity index is 1.78. The van der Waals surface area contributed by atoms with E-state index < -0.39 is 17.4 Å². The van der Waals surface area contributed by atoms with E-state index >= 15 is 0 Å². The number of alkyl halides is 2. The van der Waals surface area contributed by atoms with E-state index in [1.54, 1.807) is 13.0 Å². The number of halogens is 3. The summed E-state index contributed by atoms with van der Waals surface area (Å²) in [4.78, 5) is 16.2. The number of carbonyl (C=O) groups is 1. The van der Waals surface area contributed by atoms with Crippen LogP contribution in [0, 0.1) is 12.7 Å². The van der Waals surface area contributed by atoms with Crippen molar-refractivity contribution in [1.82, 2.24) is 10.3 Å². The highest BCUT2D eigenvalue weighted by Crippen LogP contribution is 2.38. The van der Waals surface area contributed by atoms with Crippen LogP contribution >= 0.6 is 0 Å². The maximum atomic E-state index is 14.2. The summed E-state index contributed by atoms with van der Waals surface area (Å²) < 4.78 is 41.5. The molecule has 1 fully saturated rings. The number of nitrogens with one attached hydrogen (secondary N) is 1. The predicted molar refractivity (Wildman–Crippen MR) is 88.2 cm³/mol. The van der Waals surface area contributed by atoms with Crippen molar-refractivity contribution in [1.29, 1.82) is 0 Å². The summed E-state index contributed by atoms with van der Waals surface area (Å²) in [5, 5.41) is 2.73. The summed E-state index contributed by atoms with van der Waals surface area (Å²) in [6.45, 7) is 2.54. The van der Waals surface area contributed by atoms with E-state index in [9.17, 15) is 18.0 Å². The lowest BCUT2D eigenvalue weighted by Crippen LogP contribution is -2.46. The molecule has 1 amide bonds. The van der Waals surface area contributed by atoms with Crippen molar-refractivity contribution in [2.24, 2.45) is 0 Å². The lowest BCUT2D eigenvalue weighted by molar-refractivity contribution is 0.0158. The predicted octanol–water partition coefficient (Wildman–Crippen LogP) is 4.32. The number of hydrogen-bond donors (Lipinski definition) is 1. The molecule has 0 bridgehead atoms. The number of amides is 1. The van der Waals surface area contributed by atoms with Crippen LogP contribution in [-0.4, -0.2) is 16.9 Å². The number of aryl methyl sites for hydroxylation is 1. The minimum absolute atomic E-state index is 0.154. The molecular formula is C19H19F3N2O. The van der Waals surface area contributed by atoms with E-state index in [1.807, 2.05) is 6.07 Å². The van der Waals surface area contributed by atoms with Gasteiger partial charge in [-0.25, -0.2) is 13.2 Å². The Bertz CT molecular complexity index is 801. The highest BCUT2D eigenvalue weighted by molar-refractivity contribution is 5.94. The second-order valence-electron chi connectivity index (χ2n) is 6.58. The maximum absolute atomic E-state index is 14.2. The number of nitrogens with zero attached hydrogens (tertiary/aromatic N) is 1. The summed E-state index contributed by atoms with van der Waals surface area (Å²) in [7, 11) is 0. The third-order valence-electron chi connectivity index (χ3n) is 4.64. The first kappa shape index (κ1) is 17.5. The molecule has 1 heterocycles. The summed E-state index contributed by atoms with van der Waals surface area (Å²) in [6.07, 6.45) is 2.72. The molecule has 2 atom stereocenters. The van der Waals surface area contributed by atoms with Gasteiger partial charge in [0.05, 0.1) is 5.56 Å². The number of carbonyl (C=O) groups excluding carboxylic acids is 1. The SMILES string of the molecule is Cc1ccc([C@@H]2CC[C@@H]2NC(=O)c2ncccc2C(C)(F)F)c(F)c1. The van der Waals surface area contributed by atoms with Crippen molar-refractivity contribution in [2.45, 2.75) is 44.6 Å². The standard InChI is InChI=1S/C19H19F3N2O/c1-11-5-6-12(15(20)10-11)13-7-8-16(13)24-18(25)17-14(19(2,21)22)4-3-9-23-17/h3-6,9-10,13,16H,7-8H2,1-2H3,(H,24,25)/t13-,16-/m0/s1. The Morgan fingerprint density at radius 3 is 2.64 bits per heavy atom. The fourth-order valence-corrected chi connectivity index (χ4v) is 3.16. The quantitative estimate of drug-likeness (QED) is 0.894. The topological polar surface area (TPSA) is 42.0 Å². The van der Waals surface area contributed by atoms with Crippen LogP contribution in [-0.2, 0) is 5.92 Å². The van der Waals surface area contributed by atoms with E-state index in [0.29, 0.717) is 12.0 Å². The molecule has 3 nitrogen and oxygen atoms in total. The van der Waals surface area contributed by atoms with Crippen LogP contribution in [0.15, 0.2) is 36.5 Å². The molecule has 1 saturated carbocycles. The molecule has 2 aromatic rings. The first-order chi connectivity index (χ1) is 11.8. The first-order valence-electron chi connectivity index (χ1n) is 8.17. The van der Waals surface area contributed by atoms with Crippen LogP contribution in [0.25, 0.3) is 0 Å². The minimum Gasteiger partial charge on any atom is -0.347 e. The molecule has 1 aliphatic carbocycles. The average Bonchev–Trinajstić information content (AvgIpc) is 2.53. The smallest absolute Gasteiger partial charge is 0.272 e. The van der Waals surface area contributed by atoms with Gasteiger partial charge in [-0.3, -0.25) is 9.78 Å². The van der Waals surface area contributed by atoms with Crippen LogP contribution in [0.5, 0.6) is 0 Å². The van der Waals surface area contributed by atoms with Gasteiger partial charge in [0, 0.05) is 25.1 Å². The molecule has 0 spiro atoms. The fraction of sp³-hybridized carbons (Fsp3) is 0.368. The lowest BCUT2D eigenvalue weighted by Gasteiger charge is -2.37. The first-order valence-corrected chi connectivity index (χ1v) is 8.17. The Labute approximate surface area is 144 Å². The Morgan fingerprint density at radius 1 is 1.28 bits per heavy atom. The van der Waals surface area contributed by atoms with Crippen molar-refractivity contribution < 1.29 is 18.0 Å². The van der Waals surface area contributed by atoms with E-state index in [0.717, 1.165) is 18.9 Å². The highest BCUT2D eigenvalue weighted by atomic mass is 19.3. The van der Waals surface area contributed by atoms with Crippen molar-refractivity contribution in [2.75, 3.05) is 0 Å². The molecule has 6 heteroatoms. The summed E-state index contributed by atoms with van der Waals surface area (Å²) in [5.41, 5.74) is 0.670. The van der Waals surface area contributed by atoms with Gasteiger partial charge in [-0.2, -0.15) is 0 Å². The molecule has 25 heavy (non-hydrogen) atoms. The molecule has 1 aromatic heterocycles. The van der Waals surface area contributed by atoms with Crippen LogP contribution < -0.4 is 5.32 Å². The van der Waals surface area contributed by atoms with Crippen LogP contribution in [0.1, 0.15) is 52.9 Å². The highest BCUT2D eigenvalue weighted by Gasteiger charge is 2.37. The molecule has 132 valence electrons. The van der Waals surface area contributed by atoms with Crippen molar-refractivity contribution in [3.63, 3.8) is 0 Å². The van der Waals surface area contributed by atoms with Crippen molar-refractivity contribution in [3.05, 3.63) is 64.7 Å². The molecule has 1 N–H and O–H groups in total. The number of hydrogen-bond acceptors (Lipinski definition) is 2. The monoisotopic (exact) mass is 348 g/mol. The van der Waals surface area contributed by atoms with Gasteiger partial charge >= 0.3 is 0 Å². The Kier molecular flexibility index (Phi) is 4.54. The molecule has 0 radical (unpaired) electrons. The zero-order valence-electron chi connectivity index (χ0n) is 14.0. The summed E-state index contributed by atoms with van der Waals surface area (Å²) in [6, 6.07) is 7.28. The third-order valence-corrected chi connectivity index (χ3v) is 4.64.